The number of rotatable bonds is 7. The van der Waals surface area contributed by atoms with Crippen LogP contribution < -0.4 is 20.9 Å². The van der Waals surface area contributed by atoms with Crippen molar-refractivity contribution in [2.45, 2.75) is 20.0 Å². The van der Waals surface area contributed by atoms with E-state index in [1.165, 1.54) is 0 Å². The van der Waals surface area contributed by atoms with E-state index in [2.05, 4.69) is 16.2 Å². The minimum Gasteiger partial charge on any atom is -0.481 e. The second-order valence-corrected chi connectivity index (χ2v) is 6.91. The second-order valence-electron chi connectivity index (χ2n) is 6.91. The molecule has 1 unspecified atom stereocenters. The third-order valence-electron chi connectivity index (χ3n) is 4.47. The molecule has 3 aromatic carbocycles. The number of aryl methyl sites for hydroxylation is 1. The SMILES string of the molecule is Cc1ccc(NCC(=O)NNC(=O)C(C)Oc2ccc(-c3ccccc3)cc2)cc1. The van der Waals surface area contributed by atoms with Gasteiger partial charge in [-0.1, -0.05) is 60.2 Å². The summed E-state index contributed by atoms with van der Waals surface area (Å²) >= 11 is 0. The summed E-state index contributed by atoms with van der Waals surface area (Å²) in [7, 11) is 0. The zero-order chi connectivity index (χ0) is 21.3. The van der Waals surface area contributed by atoms with Crippen LogP contribution in [0.25, 0.3) is 11.1 Å². The van der Waals surface area contributed by atoms with Crippen LogP contribution >= 0.6 is 0 Å². The molecule has 0 fully saturated rings. The van der Waals surface area contributed by atoms with E-state index < -0.39 is 12.0 Å². The Labute approximate surface area is 176 Å². The maximum atomic E-state index is 12.2. The van der Waals surface area contributed by atoms with Crippen LogP contribution in [-0.2, 0) is 9.59 Å². The minimum absolute atomic E-state index is 0.0412. The molecule has 0 aromatic heterocycles. The van der Waals surface area contributed by atoms with Crippen LogP contribution in [0.3, 0.4) is 0 Å². The summed E-state index contributed by atoms with van der Waals surface area (Å²) in [5.41, 5.74) is 8.90. The predicted octanol–water partition coefficient (Wildman–Crippen LogP) is 3.69. The minimum atomic E-state index is -0.766. The molecular formula is C24H25N3O3. The van der Waals surface area contributed by atoms with Gasteiger partial charge in [-0.05, 0) is 49.2 Å². The fourth-order valence-electron chi connectivity index (χ4n) is 2.75. The molecule has 3 rings (SSSR count). The lowest BCUT2D eigenvalue weighted by Gasteiger charge is -2.15. The molecule has 0 bridgehead atoms. The molecule has 0 aliphatic rings. The molecule has 6 nitrogen and oxygen atoms in total. The van der Waals surface area contributed by atoms with E-state index in [-0.39, 0.29) is 12.5 Å². The van der Waals surface area contributed by atoms with E-state index >= 15 is 0 Å². The number of hydrogen-bond acceptors (Lipinski definition) is 4. The number of benzene rings is 3. The molecule has 0 saturated heterocycles. The van der Waals surface area contributed by atoms with Gasteiger partial charge >= 0.3 is 0 Å². The number of nitrogens with one attached hydrogen (secondary N) is 3. The predicted molar refractivity (Wildman–Crippen MR) is 118 cm³/mol. The van der Waals surface area contributed by atoms with Crippen LogP contribution in [0.4, 0.5) is 5.69 Å². The molecule has 30 heavy (non-hydrogen) atoms. The van der Waals surface area contributed by atoms with Gasteiger partial charge in [0, 0.05) is 5.69 Å². The normalized spacial score (nSPS) is 11.3. The summed E-state index contributed by atoms with van der Waals surface area (Å²) in [4.78, 5) is 24.1. The van der Waals surface area contributed by atoms with E-state index in [4.69, 9.17) is 4.74 Å². The summed E-state index contributed by atoms with van der Waals surface area (Å²) in [5.74, 6) is -0.223. The zero-order valence-corrected chi connectivity index (χ0v) is 17.0. The maximum absolute atomic E-state index is 12.2. The average molecular weight is 403 g/mol. The Balaban J connectivity index is 1.43. The molecule has 3 N–H and O–H groups in total. The third kappa shape index (κ3) is 6.10. The lowest BCUT2D eigenvalue weighted by atomic mass is 10.1. The van der Waals surface area contributed by atoms with Crippen LogP contribution in [0.2, 0.25) is 0 Å². The van der Waals surface area contributed by atoms with Gasteiger partial charge in [0.1, 0.15) is 5.75 Å². The van der Waals surface area contributed by atoms with E-state index in [0.717, 1.165) is 22.4 Å². The third-order valence-corrected chi connectivity index (χ3v) is 4.47. The Morgan fingerprint density at radius 3 is 2.13 bits per heavy atom. The van der Waals surface area contributed by atoms with Gasteiger partial charge in [-0.2, -0.15) is 0 Å². The average Bonchev–Trinajstić information content (AvgIpc) is 2.78. The Morgan fingerprint density at radius 1 is 0.833 bits per heavy atom. The highest BCUT2D eigenvalue weighted by Gasteiger charge is 2.15. The highest BCUT2D eigenvalue weighted by Crippen LogP contribution is 2.22. The summed E-state index contributed by atoms with van der Waals surface area (Å²) < 4.78 is 5.66. The molecule has 0 aliphatic heterocycles. The molecule has 2 amide bonds. The van der Waals surface area contributed by atoms with Crippen molar-refractivity contribution in [3.05, 3.63) is 84.4 Å². The van der Waals surface area contributed by atoms with Gasteiger partial charge in [-0.15, -0.1) is 0 Å². The van der Waals surface area contributed by atoms with Gasteiger partial charge < -0.3 is 10.1 Å². The van der Waals surface area contributed by atoms with Crippen molar-refractivity contribution in [1.82, 2.24) is 10.9 Å². The number of anilines is 1. The highest BCUT2D eigenvalue weighted by molar-refractivity contribution is 5.86. The standard InChI is InChI=1S/C24H25N3O3/c1-17-8-12-21(13-9-17)25-16-23(28)26-27-24(29)18(2)30-22-14-10-20(11-15-22)19-6-4-3-5-7-19/h3-15,18,25H,16H2,1-2H3,(H,26,28)(H,27,29). The highest BCUT2D eigenvalue weighted by atomic mass is 16.5. The van der Waals surface area contributed by atoms with E-state index in [1.54, 1.807) is 6.92 Å². The number of amides is 2. The van der Waals surface area contributed by atoms with Gasteiger partial charge in [-0.3, -0.25) is 20.4 Å². The summed E-state index contributed by atoms with van der Waals surface area (Å²) in [6, 6.07) is 25.2. The van der Waals surface area contributed by atoms with Crippen molar-refractivity contribution in [3.8, 4) is 16.9 Å². The number of carbonyl (C=O) groups is 2. The van der Waals surface area contributed by atoms with Gasteiger partial charge in [0.05, 0.1) is 6.54 Å². The molecule has 0 heterocycles. The zero-order valence-electron chi connectivity index (χ0n) is 17.0. The molecule has 1 atom stereocenters. The van der Waals surface area contributed by atoms with Crippen molar-refractivity contribution in [1.29, 1.82) is 0 Å². The first kappa shape index (κ1) is 20.9. The lowest BCUT2D eigenvalue weighted by molar-refractivity contribution is -0.132. The lowest BCUT2D eigenvalue weighted by Crippen LogP contribution is -2.48. The second kappa shape index (κ2) is 10.1. The van der Waals surface area contributed by atoms with Crippen molar-refractivity contribution < 1.29 is 14.3 Å². The topological polar surface area (TPSA) is 79.5 Å². The van der Waals surface area contributed by atoms with Gasteiger partial charge in [-0.25, -0.2) is 0 Å². The molecule has 0 aliphatic carbocycles. The molecule has 6 heteroatoms. The fourth-order valence-corrected chi connectivity index (χ4v) is 2.75. The van der Waals surface area contributed by atoms with Crippen LogP contribution in [0.1, 0.15) is 12.5 Å². The van der Waals surface area contributed by atoms with Crippen molar-refractivity contribution in [2.75, 3.05) is 11.9 Å². The van der Waals surface area contributed by atoms with Gasteiger partial charge in [0.15, 0.2) is 6.10 Å². The molecule has 0 saturated carbocycles. The quantitative estimate of drug-likeness (QED) is 0.526. The van der Waals surface area contributed by atoms with Crippen LogP contribution in [-0.4, -0.2) is 24.5 Å². The van der Waals surface area contributed by atoms with Gasteiger partial charge in [0.2, 0.25) is 0 Å². The van der Waals surface area contributed by atoms with E-state index in [1.807, 2.05) is 85.8 Å². The molecular weight excluding hydrogens is 378 g/mol. The van der Waals surface area contributed by atoms with Crippen LogP contribution in [0, 0.1) is 6.92 Å². The van der Waals surface area contributed by atoms with Crippen molar-refractivity contribution in [3.63, 3.8) is 0 Å². The van der Waals surface area contributed by atoms with Crippen LogP contribution in [0.15, 0.2) is 78.9 Å². The largest absolute Gasteiger partial charge is 0.481 e. The molecule has 0 spiro atoms. The Morgan fingerprint density at radius 2 is 1.47 bits per heavy atom. The Bertz CT molecular complexity index is 971. The first-order valence-electron chi connectivity index (χ1n) is 9.72. The molecule has 3 aromatic rings. The smallest absolute Gasteiger partial charge is 0.279 e. The van der Waals surface area contributed by atoms with E-state index in [0.29, 0.717) is 5.75 Å². The van der Waals surface area contributed by atoms with Crippen molar-refractivity contribution >= 4 is 17.5 Å². The van der Waals surface area contributed by atoms with E-state index in [9.17, 15) is 9.59 Å². The number of hydrazine groups is 1. The summed E-state index contributed by atoms with van der Waals surface area (Å²) in [6.07, 6.45) is -0.766. The first-order chi connectivity index (χ1) is 14.5. The number of carbonyl (C=O) groups excluding carboxylic acids is 2. The van der Waals surface area contributed by atoms with Crippen molar-refractivity contribution in [2.24, 2.45) is 0 Å². The summed E-state index contributed by atoms with van der Waals surface area (Å²) in [6.45, 7) is 3.66. The Kier molecular flexibility index (Phi) is 7.05. The molecule has 0 radical (unpaired) electrons. The van der Waals surface area contributed by atoms with Crippen LogP contribution in [0.5, 0.6) is 5.75 Å². The number of ether oxygens (including phenoxy) is 1. The van der Waals surface area contributed by atoms with Gasteiger partial charge in [0.25, 0.3) is 11.8 Å². The number of hydrogen-bond donors (Lipinski definition) is 3. The maximum Gasteiger partial charge on any atom is 0.279 e. The first-order valence-corrected chi connectivity index (χ1v) is 9.72. The Hall–Kier alpha value is -3.80. The monoisotopic (exact) mass is 403 g/mol. The fraction of sp³-hybridized carbons (Fsp3) is 0.167. The summed E-state index contributed by atoms with van der Waals surface area (Å²) in [5, 5.41) is 2.99. The molecule has 154 valence electrons.